The Morgan fingerprint density at radius 2 is 2.21 bits per heavy atom. The van der Waals surface area contributed by atoms with Gasteiger partial charge in [-0.05, 0) is 32.4 Å². The predicted octanol–water partition coefficient (Wildman–Crippen LogP) is 1.29. The summed E-state index contributed by atoms with van der Waals surface area (Å²) < 4.78 is 0. The molecule has 1 saturated carbocycles. The molecular formula is C14H19N5. The lowest BCUT2D eigenvalue weighted by atomic mass is 10.0. The van der Waals surface area contributed by atoms with Crippen LogP contribution in [-0.2, 0) is 13.0 Å². The summed E-state index contributed by atoms with van der Waals surface area (Å²) in [7, 11) is 2.11. The standard InChI is InChI=1S/C14H19N5/c1-19-7-5-10-12(8-19)17-14(9-2-3-9)18-13(10)11(16)4-6-15/h4,6,9,15H,2-3,5,7-8,16H2,1H3/b11-4-,15-6?. The summed E-state index contributed by atoms with van der Waals surface area (Å²) in [6, 6.07) is 0. The van der Waals surface area contributed by atoms with Gasteiger partial charge in [0.15, 0.2) is 0 Å². The number of hydrogen-bond donors (Lipinski definition) is 2. The Labute approximate surface area is 113 Å². The Morgan fingerprint density at radius 3 is 2.89 bits per heavy atom. The van der Waals surface area contributed by atoms with Gasteiger partial charge < -0.3 is 16.0 Å². The quantitative estimate of drug-likeness (QED) is 0.800. The van der Waals surface area contributed by atoms with E-state index in [4.69, 9.17) is 16.1 Å². The van der Waals surface area contributed by atoms with Gasteiger partial charge in [0.25, 0.3) is 0 Å². The molecular weight excluding hydrogens is 238 g/mol. The maximum atomic E-state index is 7.17. The van der Waals surface area contributed by atoms with Crippen LogP contribution in [0.4, 0.5) is 0 Å². The number of hydrogen-bond acceptors (Lipinski definition) is 5. The highest BCUT2D eigenvalue weighted by Crippen LogP contribution is 2.39. The van der Waals surface area contributed by atoms with Gasteiger partial charge in [0.1, 0.15) is 5.82 Å². The van der Waals surface area contributed by atoms with Crippen molar-refractivity contribution >= 4 is 11.9 Å². The van der Waals surface area contributed by atoms with E-state index >= 15 is 0 Å². The average Bonchev–Trinajstić information content (AvgIpc) is 3.21. The summed E-state index contributed by atoms with van der Waals surface area (Å²) in [5.41, 5.74) is 9.77. The molecule has 0 unspecified atom stereocenters. The molecule has 3 rings (SSSR count). The van der Waals surface area contributed by atoms with Crippen LogP contribution in [0.5, 0.6) is 0 Å². The zero-order chi connectivity index (χ0) is 13.4. The number of nitrogens with one attached hydrogen (secondary N) is 1. The number of nitrogens with two attached hydrogens (primary N) is 1. The van der Waals surface area contributed by atoms with E-state index < -0.39 is 0 Å². The zero-order valence-electron chi connectivity index (χ0n) is 11.2. The fourth-order valence-corrected chi connectivity index (χ4v) is 2.51. The van der Waals surface area contributed by atoms with Gasteiger partial charge >= 0.3 is 0 Å². The van der Waals surface area contributed by atoms with Crippen molar-refractivity contribution in [2.24, 2.45) is 5.73 Å². The molecule has 1 aromatic heterocycles. The summed E-state index contributed by atoms with van der Waals surface area (Å²) in [5, 5.41) is 7.17. The van der Waals surface area contributed by atoms with Crippen molar-refractivity contribution < 1.29 is 0 Å². The summed E-state index contributed by atoms with van der Waals surface area (Å²) in [5.74, 6) is 1.45. The maximum Gasteiger partial charge on any atom is 0.132 e. The van der Waals surface area contributed by atoms with Crippen LogP contribution in [0.15, 0.2) is 6.08 Å². The van der Waals surface area contributed by atoms with E-state index in [9.17, 15) is 0 Å². The van der Waals surface area contributed by atoms with Crippen molar-refractivity contribution in [3.8, 4) is 0 Å². The summed E-state index contributed by atoms with van der Waals surface area (Å²) >= 11 is 0. The highest BCUT2D eigenvalue weighted by atomic mass is 15.1. The monoisotopic (exact) mass is 257 g/mol. The molecule has 3 N–H and O–H groups in total. The van der Waals surface area contributed by atoms with Crippen LogP contribution < -0.4 is 5.73 Å². The van der Waals surface area contributed by atoms with E-state index in [1.54, 1.807) is 6.08 Å². The molecule has 1 aliphatic heterocycles. The van der Waals surface area contributed by atoms with Crippen molar-refractivity contribution in [1.29, 1.82) is 5.41 Å². The molecule has 0 saturated heterocycles. The van der Waals surface area contributed by atoms with E-state index in [-0.39, 0.29) is 0 Å². The summed E-state index contributed by atoms with van der Waals surface area (Å²) in [6.07, 6.45) is 6.12. The van der Waals surface area contributed by atoms with E-state index in [1.165, 1.54) is 19.1 Å². The fourth-order valence-electron chi connectivity index (χ4n) is 2.51. The van der Waals surface area contributed by atoms with E-state index in [0.717, 1.165) is 42.3 Å². The predicted molar refractivity (Wildman–Crippen MR) is 75.0 cm³/mol. The fraction of sp³-hybridized carbons (Fsp3) is 0.500. The largest absolute Gasteiger partial charge is 0.397 e. The van der Waals surface area contributed by atoms with Gasteiger partial charge in [0.05, 0.1) is 17.1 Å². The summed E-state index contributed by atoms with van der Waals surface area (Å²) in [4.78, 5) is 11.7. The van der Waals surface area contributed by atoms with Crippen molar-refractivity contribution in [2.45, 2.75) is 31.7 Å². The molecule has 0 atom stereocenters. The SMILES string of the molecule is CN1CCc2c(nc(C3CC3)nc2/C(N)=C/C=N)C1. The zero-order valence-corrected chi connectivity index (χ0v) is 11.2. The van der Waals surface area contributed by atoms with Gasteiger partial charge in [-0.15, -0.1) is 0 Å². The molecule has 1 fully saturated rings. The van der Waals surface area contributed by atoms with Gasteiger partial charge in [0.2, 0.25) is 0 Å². The van der Waals surface area contributed by atoms with Crippen molar-refractivity contribution in [1.82, 2.24) is 14.9 Å². The Balaban J connectivity index is 2.10. The first-order chi connectivity index (χ1) is 9.19. The van der Waals surface area contributed by atoms with Gasteiger partial charge in [-0.1, -0.05) is 0 Å². The second-order valence-corrected chi connectivity index (χ2v) is 5.41. The first-order valence-corrected chi connectivity index (χ1v) is 6.74. The smallest absolute Gasteiger partial charge is 0.132 e. The molecule has 5 nitrogen and oxygen atoms in total. The Hall–Kier alpha value is -1.75. The van der Waals surface area contributed by atoms with Crippen LogP contribution in [-0.4, -0.2) is 34.7 Å². The first-order valence-electron chi connectivity index (χ1n) is 6.74. The molecule has 2 heterocycles. The third kappa shape index (κ3) is 2.38. The second kappa shape index (κ2) is 4.74. The van der Waals surface area contributed by atoms with E-state index in [0.29, 0.717) is 11.6 Å². The molecule has 0 spiro atoms. The lowest BCUT2D eigenvalue weighted by Crippen LogP contribution is -2.29. The number of allylic oxidation sites excluding steroid dienone is 1. The number of nitrogens with zero attached hydrogens (tertiary/aromatic N) is 3. The van der Waals surface area contributed by atoms with Crippen LogP contribution >= 0.6 is 0 Å². The molecule has 0 bridgehead atoms. The van der Waals surface area contributed by atoms with Crippen molar-refractivity contribution in [3.05, 3.63) is 28.9 Å². The first kappa shape index (κ1) is 12.3. The Morgan fingerprint density at radius 1 is 1.42 bits per heavy atom. The van der Waals surface area contributed by atoms with E-state index in [2.05, 4.69) is 16.9 Å². The third-order valence-corrected chi connectivity index (χ3v) is 3.75. The van der Waals surface area contributed by atoms with Crippen molar-refractivity contribution in [3.63, 3.8) is 0 Å². The van der Waals surface area contributed by atoms with Gasteiger partial charge in [-0.25, -0.2) is 9.97 Å². The molecule has 1 aliphatic carbocycles. The number of rotatable bonds is 3. The topological polar surface area (TPSA) is 78.9 Å². The lowest BCUT2D eigenvalue weighted by molar-refractivity contribution is 0.306. The molecule has 19 heavy (non-hydrogen) atoms. The maximum absolute atomic E-state index is 7.17. The van der Waals surface area contributed by atoms with Crippen molar-refractivity contribution in [2.75, 3.05) is 13.6 Å². The minimum Gasteiger partial charge on any atom is -0.397 e. The average molecular weight is 257 g/mol. The number of aromatic nitrogens is 2. The molecule has 1 aromatic rings. The minimum absolute atomic E-state index is 0.518. The molecule has 5 heteroatoms. The van der Waals surface area contributed by atoms with Gasteiger partial charge in [0, 0.05) is 30.8 Å². The Kier molecular flexibility index (Phi) is 3.06. The highest BCUT2D eigenvalue weighted by Gasteiger charge is 2.30. The molecule has 0 radical (unpaired) electrons. The molecule has 0 aromatic carbocycles. The summed E-state index contributed by atoms with van der Waals surface area (Å²) in [6.45, 7) is 1.87. The minimum atomic E-state index is 0.518. The van der Waals surface area contributed by atoms with Crippen LogP contribution in [0.1, 0.15) is 41.5 Å². The highest BCUT2D eigenvalue weighted by molar-refractivity contribution is 5.81. The third-order valence-electron chi connectivity index (χ3n) is 3.75. The van der Waals surface area contributed by atoms with Crippen LogP contribution in [0.25, 0.3) is 5.70 Å². The normalized spacial score (nSPS) is 20.2. The molecule has 2 aliphatic rings. The van der Waals surface area contributed by atoms with Gasteiger partial charge in [-0.2, -0.15) is 0 Å². The molecule has 100 valence electrons. The second-order valence-electron chi connectivity index (χ2n) is 5.41. The van der Waals surface area contributed by atoms with Crippen LogP contribution in [0.3, 0.4) is 0 Å². The molecule has 0 amide bonds. The van der Waals surface area contributed by atoms with E-state index in [1.807, 2.05) is 0 Å². The Bertz CT molecular complexity index is 545. The van der Waals surface area contributed by atoms with Gasteiger partial charge in [-0.3, -0.25) is 0 Å². The number of fused-ring (bicyclic) bond motifs is 1. The van der Waals surface area contributed by atoms with Crippen LogP contribution in [0.2, 0.25) is 0 Å². The number of likely N-dealkylation sites (N-methyl/N-ethyl adjacent to an activating group) is 1. The lowest BCUT2D eigenvalue weighted by Gasteiger charge is -2.26. The van der Waals surface area contributed by atoms with Crippen LogP contribution in [0, 0.1) is 5.41 Å².